The van der Waals surface area contributed by atoms with Gasteiger partial charge in [-0.05, 0) is 37.5 Å². The van der Waals surface area contributed by atoms with Crippen molar-refractivity contribution in [1.82, 2.24) is 0 Å². The summed E-state index contributed by atoms with van der Waals surface area (Å²) in [6.45, 7) is 1.58. The summed E-state index contributed by atoms with van der Waals surface area (Å²) in [6.07, 6.45) is 5.06. The van der Waals surface area contributed by atoms with Crippen molar-refractivity contribution in [2.24, 2.45) is 5.92 Å². The Bertz CT molecular complexity index is 459. The second-order valence-corrected chi connectivity index (χ2v) is 5.99. The fourth-order valence-electron chi connectivity index (χ4n) is 3.58. The third kappa shape index (κ3) is 2.41. The maximum Gasteiger partial charge on any atom is 0.127 e. The molecule has 2 fully saturated rings. The Kier molecular flexibility index (Phi) is 3.13. The molecule has 104 valence electrons. The van der Waals surface area contributed by atoms with Crippen LogP contribution in [-0.4, -0.2) is 23.8 Å². The maximum absolute atomic E-state index is 13.4. The Labute approximate surface area is 113 Å². The molecule has 2 unspecified atom stereocenters. The van der Waals surface area contributed by atoms with Crippen LogP contribution in [0.4, 0.5) is 15.8 Å². The Morgan fingerprint density at radius 1 is 1.26 bits per heavy atom. The minimum Gasteiger partial charge on any atom is -0.399 e. The summed E-state index contributed by atoms with van der Waals surface area (Å²) in [5.74, 6) is 0.0129. The van der Waals surface area contributed by atoms with Gasteiger partial charge in [-0.1, -0.05) is 12.8 Å². The molecule has 0 aromatic heterocycles. The molecule has 2 aliphatic rings. The zero-order chi connectivity index (χ0) is 13.5. The number of fused-ring (bicyclic) bond motifs is 1. The Morgan fingerprint density at radius 2 is 2.11 bits per heavy atom. The van der Waals surface area contributed by atoms with Gasteiger partial charge in [-0.15, -0.1) is 0 Å². The van der Waals surface area contributed by atoms with Gasteiger partial charge in [0.15, 0.2) is 0 Å². The lowest BCUT2D eigenvalue weighted by Crippen LogP contribution is -2.53. The molecule has 1 aliphatic heterocycles. The number of piperidine rings is 1. The minimum atomic E-state index is -0.492. The molecule has 0 spiro atoms. The van der Waals surface area contributed by atoms with E-state index in [2.05, 4.69) is 4.90 Å². The number of nitrogen functional groups attached to an aromatic ring is 1. The molecule has 1 aliphatic carbocycles. The Hall–Kier alpha value is -1.29. The van der Waals surface area contributed by atoms with Crippen LogP contribution in [0.5, 0.6) is 0 Å². The number of hydrogen-bond donors (Lipinski definition) is 2. The fraction of sp³-hybridized carbons (Fsp3) is 0.600. The molecule has 1 aromatic carbocycles. The zero-order valence-corrected chi connectivity index (χ0v) is 11.1. The van der Waals surface area contributed by atoms with Crippen molar-refractivity contribution in [2.45, 2.75) is 37.7 Å². The molecule has 2 atom stereocenters. The van der Waals surface area contributed by atoms with E-state index in [1.807, 2.05) is 6.07 Å². The second-order valence-electron chi connectivity index (χ2n) is 5.99. The first-order chi connectivity index (χ1) is 9.07. The van der Waals surface area contributed by atoms with E-state index in [9.17, 15) is 9.50 Å². The van der Waals surface area contributed by atoms with Crippen LogP contribution in [0.15, 0.2) is 18.2 Å². The van der Waals surface area contributed by atoms with Gasteiger partial charge in [0, 0.05) is 30.4 Å². The largest absolute Gasteiger partial charge is 0.399 e. The van der Waals surface area contributed by atoms with Crippen LogP contribution in [-0.2, 0) is 0 Å². The van der Waals surface area contributed by atoms with Gasteiger partial charge in [-0.2, -0.15) is 0 Å². The van der Waals surface area contributed by atoms with Gasteiger partial charge in [-0.25, -0.2) is 4.39 Å². The lowest BCUT2D eigenvalue weighted by Gasteiger charge is -2.48. The standard InChI is InChI=1S/C15H21FN2O/c16-12-7-13(17)9-14(8-12)18-6-5-15(19)4-2-1-3-11(15)10-18/h7-9,11,19H,1-6,10,17H2. The molecule has 3 N–H and O–H groups in total. The average molecular weight is 264 g/mol. The molecule has 1 heterocycles. The number of rotatable bonds is 1. The van der Waals surface area contributed by atoms with E-state index < -0.39 is 5.60 Å². The van der Waals surface area contributed by atoms with Gasteiger partial charge in [0.05, 0.1) is 5.60 Å². The van der Waals surface area contributed by atoms with Gasteiger partial charge < -0.3 is 15.7 Å². The Morgan fingerprint density at radius 3 is 2.89 bits per heavy atom. The molecule has 1 saturated carbocycles. The van der Waals surface area contributed by atoms with Gasteiger partial charge in [0.1, 0.15) is 5.82 Å². The zero-order valence-electron chi connectivity index (χ0n) is 11.1. The summed E-state index contributed by atoms with van der Waals surface area (Å²) in [5.41, 5.74) is 6.51. The molecule has 0 bridgehead atoms. The first-order valence-corrected chi connectivity index (χ1v) is 7.10. The van der Waals surface area contributed by atoms with Crippen molar-refractivity contribution < 1.29 is 9.50 Å². The van der Waals surface area contributed by atoms with Crippen LogP contribution in [0.3, 0.4) is 0 Å². The Balaban J connectivity index is 1.80. The average Bonchev–Trinajstić information content (AvgIpc) is 2.36. The molecule has 4 heteroatoms. The summed E-state index contributed by atoms with van der Waals surface area (Å²) in [4.78, 5) is 2.16. The molecule has 1 saturated heterocycles. The molecule has 3 nitrogen and oxygen atoms in total. The number of hydrogen-bond acceptors (Lipinski definition) is 3. The summed E-state index contributed by atoms with van der Waals surface area (Å²) in [5, 5.41) is 10.6. The van der Waals surface area contributed by atoms with Gasteiger partial charge in [0.2, 0.25) is 0 Å². The molecule has 19 heavy (non-hydrogen) atoms. The topological polar surface area (TPSA) is 49.5 Å². The van der Waals surface area contributed by atoms with Gasteiger partial charge in [-0.3, -0.25) is 0 Å². The number of halogens is 1. The normalized spacial score (nSPS) is 31.1. The third-order valence-electron chi connectivity index (χ3n) is 4.70. The van der Waals surface area contributed by atoms with Crippen LogP contribution >= 0.6 is 0 Å². The highest BCUT2D eigenvalue weighted by Gasteiger charge is 2.42. The maximum atomic E-state index is 13.4. The lowest BCUT2D eigenvalue weighted by molar-refractivity contribution is -0.0612. The smallest absolute Gasteiger partial charge is 0.127 e. The van der Waals surface area contributed by atoms with Crippen molar-refractivity contribution in [1.29, 1.82) is 0 Å². The minimum absolute atomic E-state index is 0.292. The number of nitrogens with two attached hydrogens (primary N) is 1. The van der Waals surface area contributed by atoms with Crippen molar-refractivity contribution >= 4 is 11.4 Å². The number of benzene rings is 1. The van der Waals surface area contributed by atoms with Crippen LogP contribution in [0, 0.1) is 11.7 Å². The SMILES string of the molecule is Nc1cc(F)cc(N2CCC3(O)CCCCC3C2)c1. The molecule has 3 rings (SSSR count). The van der Waals surface area contributed by atoms with E-state index in [0.29, 0.717) is 11.6 Å². The van der Waals surface area contributed by atoms with E-state index in [1.54, 1.807) is 0 Å². The summed E-state index contributed by atoms with van der Waals surface area (Å²) >= 11 is 0. The first-order valence-electron chi connectivity index (χ1n) is 7.10. The summed E-state index contributed by atoms with van der Waals surface area (Å²) in [6, 6.07) is 4.68. The monoisotopic (exact) mass is 264 g/mol. The van der Waals surface area contributed by atoms with Crippen LogP contribution in [0.1, 0.15) is 32.1 Å². The van der Waals surface area contributed by atoms with Gasteiger partial charge in [0.25, 0.3) is 0 Å². The lowest BCUT2D eigenvalue weighted by atomic mass is 9.71. The first kappa shape index (κ1) is 12.7. The van der Waals surface area contributed by atoms with Crippen LogP contribution in [0.2, 0.25) is 0 Å². The predicted molar refractivity (Wildman–Crippen MR) is 74.6 cm³/mol. The van der Waals surface area contributed by atoms with Crippen molar-refractivity contribution in [2.75, 3.05) is 23.7 Å². The summed E-state index contributed by atoms with van der Waals surface area (Å²) < 4.78 is 13.4. The van der Waals surface area contributed by atoms with E-state index >= 15 is 0 Å². The van der Waals surface area contributed by atoms with E-state index in [1.165, 1.54) is 18.6 Å². The highest BCUT2D eigenvalue weighted by molar-refractivity contribution is 5.56. The van der Waals surface area contributed by atoms with Crippen LogP contribution < -0.4 is 10.6 Å². The number of nitrogens with zero attached hydrogens (tertiary/aromatic N) is 1. The molecular weight excluding hydrogens is 243 g/mol. The molecule has 0 amide bonds. The van der Waals surface area contributed by atoms with Crippen molar-refractivity contribution in [3.8, 4) is 0 Å². The third-order valence-corrected chi connectivity index (χ3v) is 4.70. The second kappa shape index (κ2) is 4.67. The molecule has 1 aromatic rings. The highest BCUT2D eigenvalue weighted by Crippen LogP contribution is 2.41. The van der Waals surface area contributed by atoms with Crippen LogP contribution in [0.25, 0.3) is 0 Å². The quantitative estimate of drug-likeness (QED) is 0.766. The molecular formula is C15H21FN2O. The van der Waals surface area contributed by atoms with E-state index in [0.717, 1.165) is 44.5 Å². The number of aliphatic hydroxyl groups is 1. The summed E-state index contributed by atoms with van der Waals surface area (Å²) in [7, 11) is 0. The van der Waals surface area contributed by atoms with E-state index in [4.69, 9.17) is 5.73 Å². The highest BCUT2D eigenvalue weighted by atomic mass is 19.1. The number of anilines is 2. The van der Waals surface area contributed by atoms with Crippen molar-refractivity contribution in [3.05, 3.63) is 24.0 Å². The molecule has 0 radical (unpaired) electrons. The van der Waals surface area contributed by atoms with Gasteiger partial charge >= 0.3 is 0 Å². The van der Waals surface area contributed by atoms with Crippen molar-refractivity contribution in [3.63, 3.8) is 0 Å². The van der Waals surface area contributed by atoms with E-state index in [-0.39, 0.29) is 5.82 Å². The fourth-order valence-corrected chi connectivity index (χ4v) is 3.58. The predicted octanol–water partition coefficient (Wildman–Crippen LogP) is 2.54.